The van der Waals surface area contributed by atoms with Gasteiger partial charge in [-0.2, -0.15) is 0 Å². The number of rotatable bonds is 6. The van der Waals surface area contributed by atoms with Crippen LogP contribution in [-0.4, -0.2) is 13.2 Å². The van der Waals surface area contributed by atoms with Crippen molar-refractivity contribution in [2.45, 2.75) is 39.7 Å². The minimum atomic E-state index is 0.139. The summed E-state index contributed by atoms with van der Waals surface area (Å²) in [6, 6.07) is 6.61. The van der Waals surface area contributed by atoms with Crippen LogP contribution in [0, 0.1) is 13.8 Å². The van der Waals surface area contributed by atoms with Gasteiger partial charge in [0.2, 0.25) is 0 Å². The van der Waals surface area contributed by atoms with Crippen molar-refractivity contribution in [3.63, 3.8) is 0 Å². The molecule has 0 fully saturated rings. The fourth-order valence-electron chi connectivity index (χ4n) is 1.86. The van der Waals surface area contributed by atoms with E-state index in [9.17, 15) is 0 Å². The highest BCUT2D eigenvalue weighted by Gasteiger charge is 2.08. The molecule has 2 nitrogen and oxygen atoms in total. The number of hydrogen-bond donors (Lipinski definition) is 1. The van der Waals surface area contributed by atoms with E-state index < -0.39 is 0 Å². The predicted molar refractivity (Wildman–Crippen MR) is 68.6 cm³/mol. The van der Waals surface area contributed by atoms with E-state index in [2.05, 4.69) is 32.0 Å². The predicted octanol–water partition coefficient (Wildman–Crippen LogP) is 3.12. The Morgan fingerprint density at radius 2 is 2.06 bits per heavy atom. The number of hydrogen-bond acceptors (Lipinski definition) is 2. The molecule has 1 rings (SSSR count). The van der Waals surface area contributed by atoms with Crippen LogP contribution in [0.1, 0.15) is 42.5 Å². The summed E-state index contributed by atoms with van der Waals surface area (Å²) in [6.45, 7) is 7.85. The van der Waals surface area contributed by atoms with Crippen molar-refractivity contribution in [2.24, 2.45) is 5.73 Å². The maximum absolute atomic E-state index is 6.19. The lowest BCUT2D eigenvalue weighted by Crippen LogP contribution is -2.13. The van der Waals surface area contributed by atoms with E-state index in [-0.39, 0.29) is 6.04 Å². The van der Waals surface area contributed by atoms with E-state index in [1.54, 1.807) is 0 Å². The summed E-state index contributed by atoms with van der Waals surface area (Å²) in [5.74, 6) is 0. The first-order valence-corrected chi connectivity index (χ1v) is 6.05. The van der Waals surface area contributed by atoms with Gasteiger partial charge in [0.25, 0.3) is 0 Å². The Balaban J connectivity index is 2.51. The molecular formula is C14H23NO. The molecule has 1 unspecified atom stereocenters. The molecule has 0 bridgehead atoms. The van der Waals surface area contributed by atoms with Gasteiger partial charge in [-0.15, -0.1) is 0 Å². The molecule has 0 saturated heterocycles. The van der Waals surface area contributed by atoms with E-state index in [4.69, 9.17) is 10.5 Å². The summed E-state index contributed by atoms with van der Waals surface area (Å²) in [6.07, 6.45) is 2.02. The number of benzene rings is 1. The second-order valence-electron chi connectivity index (χ2n) is 4.31. The van der Waals surface area contributed by atoms with Crippen LogP contribution in [0.2, 0.25) is 0 Å². The van der Waals surface area contributed by atoms with Gasteiger partial charge < -0.3 is 10.5 Å². The summed E-state index contributed by atoms with van der Waals surface area (Å²) in [5.41, 5.74) is 10.0. The summed E-state index contributed by atoms with van der Waals surface area (Å²) in [4.78, 5) is 0. The molecule has 0 amide bonds. The average molecular weight is 221 g/mol. The Kier molecular flexibility index (Phi) is 5.50. The zero-order valence-electron chi connectivity index (χ0n) is 10.6. The molecule has 1 atom stereocenters. The molecule has 1 aromatic rings. The van der Waals surface area contributed by atoms with Gasteiger partial charge in [0.05, 0.1) is 0 Å². The fourth-order valence-corrected chi connectivity index (χ4v) is 1.86. The first-order chi connectivity index (χ1) is 7.65. The Bertz CT molecular complexity index is 323. The maximum Gasteiger partial charge on any atom is 0.0466 e. The van der Waals surface area contributed by atoms with Gasteiger partial charge in [0.15, 0.2) is 0 Å². The Morgan fingerprint density at radius 3 is 2.75 bits per heavy atom. The van der Waals surface area contributed by atoms with Crippen LogP contribution in [0.3, 0.4) is 0 Å². The van der Waals surface area contributed by atoms with E-state index in [1.807, 2.05) is 6.92 Å². The second-order valence-corrected chi connectivity index (χ2v) is 4.31. The number of nitrogens with two attached hydrogens (primary N) is 1. The molecule has 0 aromatic heterocycles. The molecule has 0 spiro atoms. The van der Waals surface area contributed by atoms with Gasteiger partial charge in [0.1, 0.15) is 0 Å². The van der Waals surface area contributed by atoms with Crippen molar-refractivity contribution in [3.8, 4) is 0 Å². The lowest BCUT2D eigenvalue weighted by atomic mass is 9.96. The van der Waals surface area contributed by atoms with Crippen LogP contribution in [0.4, 0.5) is 0 Å². The van der Waals surface area contributed by atoms with Crippen LogP contribution in [0.15, 0.2) is 18.2 Å². The highest BCUT2D eigenvalue weighted by atomic mass is 16.5. The van der Waals surface area contributed by atoms with E-state index in [0.29, 0.717) is 0 Å². The molecule has 0 aliphatic heterocycles. The normalized spacial score (nSPS) is 12.8. The van der Waals surface area contributed by atoms with Crippen molar-refractivity contribution in [3.05, 3.63) is 34.9 Å². The van der Waals surface area contributed by atoms with Crippen LogP contribution < -0.4 is 5.73 Å². The van der Waals surface area contributed by atoms with Crippen LogP contribution in [0.25, 0.3) is 0 Å². The fraction of sp³-hybridized carbons (Fsp3) is 0.571. The SMILES string of the molecule is CCOCCCC(N)c1cc(C)ccc1C. The van der Waals surface area contributed by atoms with Crippen molar-refractivity contribution in [2.75, 3.05) is 13.2 Å². The Morgan fingerprint density at radius 1 is 1.31 bits per heavy atom. The van der Waals surface area contributed by atoms with Crippen molar-refractivity contribution in [1.29, 1.82) is 0 Å². The third kappa shape index (κ3) is 3.95. The first-order valence-electron chi connectivity index (χ1n) is 6.05. The highest BCUT2D eigenvalue weighted by Crippen LogP contribution is 2.20. The Hall–Kier alpha value is -0.860. The summed E-state index contributed by atoms with van der Waals surface area (Å²) in [7, 11) is 0. The van der Waals surface area contributed by atoms with Crippen molar-refractivity contribution < 1.29 is 4.74 Å². The molecule has 0 saturated carbocycles. The minimum Gasteiger partial charge on any atom is -0.382 e. The van der Waals surface area contributed by atoms with Crippen LogP contribution in [0.5, 0.6) is 0 Å². The molecule has 16 heavy (non-hydrogen) atoms. The number of ether oxygens (including phenoxy) is 1. The molecule has 90 valence electrons. The molecule has 1 aromatic carbocycles. The summed E-state index contributed by atoms with van der Waals surface area (Å²) < 4.78 is 5.32. The molecule has 0 radical (unpaired) electrons. The van der Waals surface area contributed by atoms with E-state index >= 15 is 0 Å². The minimum absolute atomic E-state index is 0.139. The smallest absolute Gasteiger partial charge is 0.0466 e. The van der Waals surface area contributed by atoms with Gasteiger partial charge in [-0.25, -0.2) is 0 Å². The van der Waals surface area contributed by atoms with Gasteiger partial charge in [-0.3, -0.25) is 0 Å². The lowest BCUT2D eigenvalue weighted by molar-refractivity contribution is 0.142. The van der Waals surface area contributed by atoms with Crippen molar-refractivity contribution >= 4 is 0 Å². The van der Waals surface area contributed by atoms with Gasteiger partial charge >= 0.3 is 0 Å². The van der Waals surface area contributed by atoms with Gasteiger partial charge in [-0.1, -0.05) is 23.8 Å². The highest BCUT2D eigenvalue weighted by molar-refractivity contribution is 5.32. The molecule has 2 N–H and O–H groups in total. The van der Waals surface area contributed by atoms with Crippen LogP contribution >= 0.6 is 0 Å². The van der Waals surface area contributed by atoms with Gasteiger partial charge in [-0.05, 0) is 44.7 Å². The largest absolute Gasteiger partial charge is 0.382 e. The third-order valence-electron chi connectivity index (χ3n) is 2.84. The Labute approximate surface area is 98.8 Å². The van der Waals surface area contributed by atoms with Crippen molar-refractivity contribution in [1.82, 2.24) is 0 Å². The monoisotopic (exact) mass is 221 g/mol. The topological polar surface area (TPSA) is 35.2 Å². The lowest BCUT2D eigenvalue weighted by Gasteiger charge is -2.15. The first kappa shape index (κ1) is 13.2. The van der Waals surface area contributed by atoms with E-state index in [1.165, 1.54) is 16.7 Å². The van der Waals surface area contributed by atoms with Gasteiger partial charge in [0, 0.05) is 19.3 Å². The molecule has 0 aliphatic carbocycles. The number of aryl methyl sites for hydroxylation is 2. The quantitative estimate of drug-likeness (QED) is 0.749. The summed E-state index contributed by atoms with van der Waals surface area (Å²) >= 11 is 0. The zero-order chi connectivity index (χ0) is 12.0. The molecule has 0 heterocycles. The average Bonchev–Trinajstić information content (AvgIpc) is 2.27. The molecule has 2 heteroatoms. The standard InChI is InChI=1S/C14H23NO/c1-4-16-9-5-6-14(15)13-10-11(2)7-8-12(13)3/h7-8,10,14H,4-6,9,15H2,1-3H3. The summed E-state index contributed by atoms with van der Waals surface area (Å²) in [5, 5.41) is 0. The third-order valence-corrected chi connectivity index (χ3v) is 2.84. The zero-order valence-corrected chi connectivity index (χ0v) is 10.6. The molecular weight excluding hydrogens is 198 g/mol. The van der Waals surface area contributed by atoms with E-state index in [0.717, 1.165) is 26.1 Å². The maximum atomic E-state index is 6.19. The van der Waals surface area contributed by atoms with Crippen LogP contribution in [-0.2, 0) is 4.74 Å². The molecule has 0 aliphatic rings. The second kappa shape index (κ2) is 6.66.